The molecule has 1 N–H and O–H groups in total. The number of hydrogen-bond donors (Lipinski definition) is 1. The standard InChI is InChI=1S/C12H19N3O4/c1-4-19-11(17)5-6-13-8-9-7-10(16)15(3)12(18)14(9)2/h7,13H,4-6,8H2,1-3H3. The van der Waals surface area contributed by atoms with E-state index in [1.165, 1.54) is 17.7 Å². The molecule has 0 radical (unpaired) electrons. The Balaban J connectivity index is 2.58. The molecular formula is C12H19N3O4. The van der Waals surface area contributed by atoms with Gasteiger partial charge < -0.3 is 10.1 Å². The number of nitrogens with one attached hydrogen (secondary N) is 1. The van der Waals surface area contributed by atoms with Crippen LogP contribution < -0.4 is 16.6 Å². The quantitative estimate of drug-likeness (QED) is 0.536. The van der Waals surface area contributed by atoms with E-state index in [9.17, 15) is 14.4 Å². The van der Waals surface area contributed by atoms with E-state index in [1.54, 1.807) is 14.0 Å². The van der Waals surface area contributed by atoms with Gasteiger partial charge in [-0.1, -0.05) is 0 Å². The maximum Gasteiger partial charge on any atom is 0.330 e. The molecule has 1 heterocycles. The Morgan fingerprint density at radius 3 is 2.63 bits per heavy atom. The third kappa shape index (κ3) is 4.06. The molecular weight excluding hydrogens is 250 g/mol. The van der Waals surface area contributed by atoms with Gasteiger partial charge in [-0.15, -0.1) is 0 Å². The molecule has 1 aromatic heterocycles. The molecule has 0 aliphatic carbocycles. The lowest BCUT2D eigenvalue weighted by Gasteiger charge is -2.10. The normalized spacial score (nSPS) is 10.5. The monoisotopic (exact) mass is 269 g/mol. The highest BCUT2D eigenvalue weighted by Gasteiger charge is 2.06. The first-order chi connectivity index (χ1) is 8.97. The van der Waals surface area contributed by atoms with E-state index in [0.29, 0.717) is 25.4 Å². The van der Waals surface area contributed by atoms with Gasteiger partial charge >= 0.3 is 11.7 Å². The van der Waals surface area contributed by atoms with Gasteiger partial charge in [-0.3, -0.25) is 18.7 Å². The summed E-state index contributed by atoms with van der Waals surface area (Å²) in [5, 5.41) is 3.00. The van der Waals surface area contributed by atoms with Crippen molar-refractivity contribution in [3.63, 3.8) is 0 Å². The molecule has 1 aromatic rings. The summed E-state index contributed by atoms with van der Waals surface area (Å²) in [4.78, 5) is 34.3. The predicted octanol–water partition coefficient (Wildman–Crippen LogP) is -0.873. The SMILES string of the molecule is CCOC(=O)CCNCc1cc(=O)n(C)c(=O)n1C. The highest BCUT2D eigenvalue weighted by atomic mass is 16.5. The molecule has 0 spiro atoms. The summed E-state index contributed by atoms with van der Waals surface area (Å²) in [6.07, 6.45) is 0.257. The van der Waals surface area contributed by atoms with Gasteiger partial charge in [0.2, 0.25) is 0 Å². The van der Waals surface area contributed by atoms with E-state index in [4.69, 9.17) is 4.74 Å². The minimum Gasteiger partial charge on any atom is -0.466 e. The Morgan fingerprint density at radius 1 is 1.32 bits per heavy atom. The molecule has 0 bridgehead atoms. The molecule has 106 valence electrons. The van der Waals surface area contributed by atoms with Gasteiger partial charge in [0.1, 0.15) is 0 Å². The zero-order chi connectivity index (χ0) is 14.4. The highest BCUT2D eigenvalue weighted by molar-refractivity contribution is 5.69. The summed E-state index contributed by atoms with van der Waals surface area (Å²) >= 11 is 0. The van der Waals surface area contributed by atoms with Crippen molar-refractivity contribution in [2.75, 3.05) is 13.2 Å². The molecule has 7 nitrogen and oxygen atoms in total. The molecule has 1 rings (SSSR count). The summed E-state index contributed by atoms with van der Waals surface area (Å²) < 4.78 is 7.23. The van der Waals surface area contributed by atoms with E-state index in [-0.39, 0.29) is 23.6 Å². The topological polar surface area (TPSA) is 82.3 Å². The van der Waals surface area contributed by atoms with Crippen LogP contribution >= 0.6 is 0 Å². The van der Waals surface area contributed by atoms with Crippen LogP contribution in [0.2, 0.25) is 0 Å². The summed E-state index contributed by atoms with van der Waals surface area (Å²) in [6, 6.07) is 1.40. The fourth-order valence-corrected chi connectivity index (χ4v) is 1.59. The van der Waals surface area contributed by atoms with Crippen LogP contribution in [0.1, 0.15) is 19.0 Å². The second-order valence-corrected chi connectivity index (χ2v) is 4.11. The molecule has 0 saturated carbocycles. The van der Waals surface area contributed by atoms with Crippen LogP contribution in [-0.2, 0) is 30.2 Å². The number of hydrogen-bond acceptors (Lipinski definition) is 5. The first-order valence-electron chi connectivity index (χ1n) is 6.09. The number of nitrogens with zero attached hydrogens (tertiary/aromatic N) is 2. The van der Waals surface area contributed by atoms with Gasteiger partial charge in [0.25, 0.3) is 5.56 Å². The number of aromatic nitrogens is 2. The van der Waals surface area contributed by atoms with Gasteiger partial charge in [-0.2, -0.15) is 0 Å². The fraction of sp³-hybridized carbons (Fsp3) is 0.583. The predicted molar refractivity (Wildman–Crippen MR) is 69.9 cm³/mol. The third-order valence-corrected chi connectivity index (χ3v) is 2.74. The van der Waals surface area contributed by atoms with Crippen molar-refractivity contribution in [1.82, 2.24) is 14.5 Å². The molecule has 0 aromatic carbocycles. The molecule has 0 fully saturated rings. The van der Waals surface area contributed by atoms with Crippen LogP contribution in [0.4, 0.5) is 0 Å². The van der Waals surface area contributed by atoms with Crippen molar-refractivity contribution in [2.45, 2.75) is 19.9 Å². The minimum absolute atomic E-state index is 0.257. The number of carbonyl (C=O) groups is 1. The molecule has 19 heavy (non-hydrogen) atoms. The Bertz CT molecular complexity index is 559. The van der Waals surface area contributed by atoms with Crippen LogP contribution in [0, 0.1) is 0 Å². The maximum atomic E-state index is 11.7. The molecule has 0 saturated heterocycles. The van der Waals surface area contributed by atoms with Crippen molar-refractivity contribution in [1.29, 1.82) is 0 Å². The van der Waals surface area contributed by atoms with E-state index < -0.39 is 0 Å². The van der Waals surface area contributed by atoms with Gasteiger partial charge in [-0.25, -0.2) is 4.79 Å². The first kappa shape index (κ1) is 15.2. The van der Waals surface area contributed by atoms with Crippen molar-refractivity contribution < 1.29 is 9.53 Å². The Morgan fingerprint density at radius 2 is 2.00 bits per heavy atom. The van der Waals surface area contributed by atoms with E-state index in [2.05, 4.69) is 5.32 Å². The Labute approximate surface area is 110 Å². The lowest BCUT2D eigenvalue weighted by Crippen LogP contribution is -2.39. The van der Waals surface area contributed by atoms with Crippen molar-refractivity contribution in [3.05, 3.63) is 32.6 Å². The number of esters is 1. The summed E-state index contributed by atoms with van der Waals surface area (Å²) in [5.74, 6) is -0.270. The van der Waals surface area contributed by atoms with Gasteiger partial charge in [0.05, 0.1) is 13.0 Å². The van der Waals surface area contributed by atoms with Crippen LogP contribution in [0.25, 0.3) is 0 Å². The number of rotatable bonds is 6. The van der Waals surface area contributed by atoms with Crippen LogP contribution in [0.15, 0.2) is 15.7 Å². The smallest absolute Gasteiger partial charge is 0.330 e. The zero-order valence-corrected chi connectivity index (χ0v) is 11.4. The summed E-state index contributed by atoms with van der Waals surface area (Å²) in [6.45, 7) is 2.90. The second kappa shape index (κ2) is 6.89. The van der Waals surface area contributed by atoms with Crippen molar-refractivity contribution in [2.24, 2.45) is 14.1 Å². The van der Waals surface area contributed by atoms with E-state index in [0.717, 1.165) is 4.57 Å². The van der Waals surface area contributed by atoms with E-state index in [1.807, 2.05) is 0 Å². The summed E-state index contributed by atoms with van der Waals surface area (Å²) in [7, 11) is 3.03. The minimum atomic E-state index is -0.366. The molecule has 0 amide bonds. The molecule has 0 aliphatic rings. The number of ether oxygens (including phenoxy) is 1. The lowest BCUT2D eigenvalue weighted by molar-refractivity contribution is -0.142. The summed E-state index contributed by atoms with van der Waals surface area (Å²) in [5.41, 5.74) is -0.128. The zero-order valence-electron chi connectivity index (χ0n) is 11.4. The Kier molecular flexibility index (Phi) is 5.50. The highest BCUT2D eigenvalue weighted by Crippen LogP contribution is 1.91. The average Bonchev–Trinajstić information content (AvgIpc) is 2.38. The molecule has 0 unspecified atom stereocenters. The molecule has 7 heteroatoms. The van der Waals surface area contributed by atoms with Crippen molar-refractivity contribution in [3.8, 4) is 0 Å². The number of carbonyl (C=O) groups excluding carboxylic acids is 1. The van der Waals surface area contributed by atoms with Crippen LogP contribution in [0.5, 0.6) is 0 Å². The van der Waals surface area contributed by atoms with E-state index >= 15 is 0 Å². The Hall–Kier alpha value is -1.89. The lowest BCUT2D eigenvalue weighted by atomic mass is 10.3. The largest absolute Gasteiger partial charge is 0.466 e. The second-order valence-electron chi connectivity index (χ2n) is 4.11. The molecule has 0 aliphatic heterocycles. The maximum absolute atomic E-state index is 11.7. The van der Waals surface area contributed by atoms with Gasteiger partial charge in [0, 0.05) is 38.9 Å². The third-order valence-electron chi connectivity index (χ3n) is 2.74. The van der Waals surface area contributed by atoms with Crippen molar-refractivity contribution >= 4 is 5.97 Å². The average molecular weight is 269 g/mol. The van der Waals surface area contributed by atoms with Gasteiger partial charge in [0.15, 0.2) is 0 Å². The fourth-order valence-electron chi connectivity index (χ4n) is 1.59. The van der Waals surface area contributed by atoms with Gasteiger partial charge in [-0.05, 0) is 6.92 Å². The molecule has 0 atom stereocenters. The van der Waals surface area contributed by atoms with Crippen LogP contribution in [-0.4, -0.2) is 28.3 Å². The first-order valence-corrected chi connectivity index (χ1v) is 6.09. The van der Waals surface area contributed by atoms with Crippen LogP contribution in [0.3, 0.4) is 0 Å².